The summed E-state index contributed by atoms with van der Waals surface area (Å²) in [5.74, 6) is 0.229. The summed E-state index contributed by atoms with van der Waals surface area (Å²) in [6.45, 7) is 8.66. The second-order valence-electron chi connectivity index (χ2n) is 8.92. The minimum absolute atomic E-state index is 0.101. The Morgan fingerprint density at radius 1 is 0.912 bits per heavy atom. The highest BCUT2D eigenvalue weighted by Crippen LogP contribution is 2.44. The molecule has 2 aromatic heterocycles. The highest BCUT2D eigenvalue weighted by molar-refractivity contribution is 7.80. The van der Waals surface area contributed by atoms with Crippen molar-refractivity contribution >= 4 is 23.0 Å². The zero-order valence-corrected chi connectivity index (χ0v) is 20.6. The summed E-state index contributed by atoms with van der Waals surface area (Å²) in [4.78, 5) is 6.81. The van der Waals surface area contributed by atoms with E-state index in [2.05, 4.69) is 71.7 Å². The van der Waals surface area contributed by atoms with E-state index in [1.54, 1.807) is 12.1 Å². The number of aromatic nitrogens is 2. The number of nitrogens with zero attached hydrogens (tertiary/aromatic N) is 3. The van der Waals surface area contributed by atoms with Gasteiger partial charge in [-0.15, -0.1) is 0 Å². The van der Waals surface area contributed by atoms with Gasteiger partial charge >= 0.3 is 0 Å². The summed E-state index contributed by atoms with van der Waals surface area (Å²) in [5.41, 5.74) is 9.11. The number of rotatable bonds is 4. The number of aryl methyl sites for hydroxylation is 3. The largest absolute Gasteiger partial charge is 0.508 e. The third-order valence-corrected chi connectivity index (χ3v) is 6.99. The molecule has 2 N–H and O–H groups in total. The first-order valence-electron chi connectivity index (χ1n) is 11.4. The number of benzene rings is 2. The van der Waals surface area contributed by atoms with Crippen LogP contribution in [0.5, 0.6) is 5.75 Å². The summed E-state index contributed by atoms with van der Waals surface area (Å²) in [6, 6.07) is 21.7. The van der Waals surface area contributed by atoms with Gasteiger partial charge < -0.3 is 19.9 Å². The minimum atomic E-state index is -0.116. The minimum Gasteiger partial charge on any atom is -0.508 e. The van der Waals surface area contributed by atoms with Crippen LogP contribution in [0.3, 0.4) is 0 Å². The molecule has 0 bridgehead atoms. The summed E-state index contributed by atoms with van der Waals surface area (Å²) >= 11 is 5.85. The van der Waals surface area contributed by atoms with Gasteiger partial charge in [-0.2, -0.15) is 0 Å². The van der Waals surface area contributed by atoms with E-state index in [1.807, 2.05) is 36.5 Å². The molecule has 4 aromatic rings. The Balaban J connectivity index is 1.71. The number of aromatic hydroxyl groups is 1. The number of phenolic OH excluding ortho intramolecular Hbond substituents is 1. The number of nitrogens with one attached hydrogen (secondary N) is 1. The monoisotopic (exact) mass is 468 g/mol. The lowest BCUT2D eigenvalue weighted by molar-refractivity contribution is 0.475. The van der Waals surface area contributed by atoms with Crippen LogP contribution >= 0.6 is 12.2 Å². The molecule has 2 atom stereocenters. The van der Waals surface area contributed by atoms with Crippen LogP contribution in [0.4, 0.5) is 5.69 Å². The SMILES string of the molecule is Cc1cccc(C)c1-n1c(C)cc([C@H]2[C@@H](c3ccccn3)NC(=S)N2c2ccc(O)cc2)c1C. The quantitative estimate of drug-likeness (QED) is 0.361. The molecule has 0 radical (unpaired) electrons. The average Bonchev–Trinajstić information content (AvgIpc) is 3.31. The highest BCUT2D eigenvalue weighted by atomic mass is 32.1. The van der Waals surface area contributed by atoms with E-state index < -0.39 is 0 Å². The van der Waals surface area contributed by atoms with E-state index in [9.17, 15) is 5.11 Å². The fourth-order valence-electron chi connectivity index (χ4n) is 5.15. The Labute approximate surface area is 205 Å². The molecule has 0 unspecified atom stereocenters. The van der Waals surface area contributed by atoms with Gasteiger partial charge in [-0.25, -0.2) is 0 Å². The molecule has 0 spiro atoms. The first-order valence-corrected chi connectivity index (χ1v) is 11.8. The van der Waals surface area contributed by atoms with Gasteiger partial charge in [0.2, 0.25) is 0 Å². The lowest BCUT2D eigenvalue weighted by Gasteiger charge is -2.28. The molecular weight excluding hydrogens is 440 g/mol. The maximum atomic E-state index is 9.86. The van der Waals surface area contributed by atoms with Gasteiger partial charge in [-0.3, -0.25) is 4.98 Å². The molecule has 172 valence electrons. The van der Waals surface area contributed by atoms with Crippen molar-refractivity contribution < 1.29 is 5.11 Å². The third-order valence-electron chi connectivity index (χ3n) is 6.68. The van der Waals surface area contributed by atoms with Crippen molar-refractivity contribution in [2.75, 3.05) is 4.90 Å². The van der Waals surface area contributed by atoms with Crippen LogP contribution < -0.4 is 10.2 Å². The molecule has 5 nitrogen and oxygen atoms in total. The lowest BCUT2D eigenvalue weighted by atomic mass is 9.96. The van der Waals surface area contributed by atoms with Gasteiger partial charge in [-0.1, -0.05) is 24.3 Å². The molecule has 5 rings (SSSR count). The lowest BCUT2D eigenvalue weighted by Crippen LogP contribution is -2.29. The first kappa shape index (κ1) is 22.2. The number of para-hydroxylation sites is 1. The van der Waals surface area contributed by atoms with Crippen molar-refractivity contribution in [2.45, 2.75) is 39.8 Å². The normalized spacial score (nSPS) is 17.8. The van der Waals surface area contributed by atoms with Crippen molar-refractivity contribution in [1.29, 1.82) is 0 Å². The summed E-state index contributed by atoms with van der Waals surface area (Å²) < 4.78 is 2.35. The first-order chi connectivity index (χ1) is 16.4. The number of hydrogen-bond donors (Lipinski definition) is 2. The van der Waals surface area contributed by atoms with Crippen LogP contribution in [0.2, 0.25) is 0 Å². The van der Waals surface area contributed by atoms with E-state index >= 15 is 0 Å². The van der Waals surface area contributed by atoms with E-state index in [-0.39, 0.29) is 17.8 Å². The smallest absolute Gasteiger partial charge is 0.174 e. The van der Waals surface area contributed by atoms with Gasteiger partial charge in [0, 0.05) is 23.3 Å². The Bertz CT molecular complexity index is 1340. The van der Waals surface area contributed by atoms with Crippen LogP contribution in [0.25, 0.3) is 5.69 Å². The third kappa shape index (κ3) is 3.64. The van der Waals surface area contributed by atoms with Crippen molar-refractivity contribution in [1.82, 2.24) is 14.9 Å². The molecule has 2 aromatic carbocycles. The molecule has 6 heteroatoms. The van der Waals surface area contributed by atoms with E-state index in [1.165, 1.54) is 33.8 Å². The number of anilines is 1. The average molecular weight is 469 g/mol. The topological polar surface area (TPSA) is 53.3 Å². The highest BCUT2D eigenvalue weighted by Gasteiger charge is 2.42. The Kier molecular flexibility index (Phi) is 5.62. The van der Waals surface area contributed by atoms with Crippen LogP contribution in [0, 0.1) is 27.7 Å². The fourth-order valence-corrected chi connectivity index (χ4v) is 5.50. The van der Waals surface area contributed by atoms with Crippen LogP contribution in [0.1, 0.15) is 45.9 Å². The molecule has 1 aliphatic rings. The van der Waals surface area contributed by atoms with Crippen molar-refractivity contribution in [2.24, 2.45) is 0 Å². The van der Waals surface area contributed by atoms with E-state index in [4.69, 9.17) is 12.2 Å². The zero-order chi connectivity index (χ0) is 24.0. The van der Waals surface area contributed by atoms with Gasteiger partial charge in [-0.05, 0) is 99.1 Å². The summed E-state index contributed by atoms with van der Waals surface area (Å²) in [6.07, 6.45) is 1.82. The van der Waals surface area contributed by atoms with Gasteiger partial charge in [0.25, 0.3) is 0 Å². The predicted octanol–water partition coefficient (Wildman–Crippen LogP) is 5.99. The maximum Gasteiger partial charge on any atom is 0.174 e. The zero-order valence-electron chi connectivity index (χ0n) is 19.8. The number of thiocarbonyl (C=S) groups is 1. The Morgan fingerprint density at radius 3 is 2.26 bits per heavy atom. The second-order valence-corrected chi connectivity index (χ2v) is 9.30. The van der Waals surface area contributed by atoms with Gasteiger partial charge in [0.15, 0.2) is 5.11 Å². The predicted molar refractivity (Wildman–Crippen MR) is 141 cm³/mol. The molecule has 1 fully saturated rings. The van der Waals surface area contributed by atoms with E-state index in [0.717, 1.165) is 11.4 Å². The number of phenols is 1. The Hall–Kier alpha value is -3.64. The summed E-state index contributed by atoms with van der Waals surface area (Å²) in [5, 5.41) is 14.0. The number of pyridine rings is 1. The maximum absolute atomic E-state index is 9.86. The molecule has 0 saturated carbocycles. The standard InChI is InChI=1S/C28H28N4OS/c1-17-8-7-9-18(2)26(17)31-19(3)16-23(20(31)4)27-25(24-10-5-6-15-29-24)30-28(34)32(27)21-11-13-22(33)14-12-21/h5-16,25,27,33H,1-4H3,(H,30,34)/t25-,27+/m1/s1. The fraction of sp³-hybridized carbons (Fsp3) is 0.214. The molecule has 34 heavy (non-hydrogen) atoms. The van der Waals surface area contributed by atoms with Gasteiger partial charge in [0.05, 0.1) is 23.5 Å². The van der Waals surface area contributed by atoms with Crippen LogP contribution in [0.15, 0.2) is 72.9 Å². The van der Waals surface area contributed by atoms with E-state index in [0.29, 0.717) is 5.11 Å². The molecule has 0 amide bonds. The molecule has 3 heterocycles. The molecule has 0 aliphatic carbocycles. The molecule has 1 saturated heterocycles. The molecular formula is C28H28N4OS. The van der Waals surface area contributed by atoms with Crippen LogP contribution in [-0.4, -0.2) is 19.8 Å². The van der Waals surface area contributed by atoms with Crippen LogP contribution in [-0.2, 0) is 0 Å². The Morgan fingerprint density at radius 2 is 1.62 bits per heavy atom. The van der Waals surface area contributed by atoms with Crippen molar-refractivity contribution in [3.8, 4) is 11.4 Å². The molecule has 1 aliphatic heterocycles. The van der Waals surface area contributed by atoms with Crippen molar-refractivity contribution in [3.63, 3.8) is 0 Å². The second kappa shape index (κ2) is 8.61. The number of hydrogen-bond acceptors (Lipinski definition) is 3. The van der Waals surface area contributed by atoms with Gasteiger partial charge in [0.1, 0.15) is 5.75 Å². The van der Waals surface area contributed by atoms with Crippen molar-refractivity contribution in [3.05, 3.63) is 107 Å². The summed E-state index contributed by atoms with van der Waals surface area (Å²) in [7, 11) is 0.